The summed E-state index contributed by atoms with van der Waals surface area (Å²) >= 11 is 0. The maximum absolute atomic E-state index is 12.6. The highest BCUT2D eigenvalue weighted by atomic mass is 16.3. The second-order valence-electron chi connectivity index (χ2n) is 5.52. The van der Waals surface area contributed by atoms with Gasteiger partial charge in [-0.2, -0.15) is 0 Å². The first-order chi connectivity index (χ1) is 12.0. The second-order valence-corrected chi connectivity index (χ2v) is 5.52. The molecule has 0 unspecified atom stereocenters. The van der Waals surface area contributed by atoms with E-state index in [9.17, 15) is 9.59 Å². The Hall–Kier alpha value is -3.41. The normalized spacial score (nSPS) is 11.4. The zero-order valence-electron chi connectivity index (χ0n) is 13.9. The number of oxazole rings is 1. The van der Waals surface area contributed by atoms with E-state index in [1.54, 1.807) is 31.2 Å². The largest absolute Gasteiger partial charge is 0.441 e. The van der Waals surface area contributed by atoms with Crippen LogP contribution in [0.15, 0.2) is 58.6 Å². The second kappa shape index (κ2) is 7.00. The van der Waals surface area contributed by atoms with Crippen LogP contribution in [0.1, 0.15) is 18.4 Å². The van der Waals surface area contributed by atoms with Crippen LogP contribution in [0.3, 0.4) is 0 Å². The van der Waals surface area contributed by atoms with Gasteiger partial charge in [-0.3, -0.25) is 9.59 Å². The van der Waals surface area contributed by atoms with E-state index in [1.165, 1.54) is 6.92 Å². The summed E-state index contributed by atoms with van der Waals surface area (Å²) in [6.07, 6.45) is 1.62. The number of nitrogens with zero attached hydrogens (tertiary/aromatic N) is 1. The molecule has 3 aromatic rings. The molecular weight excluding hydrogens is 318 g/mol. The number of carbonyl (C=O) groups excluding carboxylic acids is 2. The lowest BCUT2D eigenvalue weighted by atomic mass is 10.2. The number of hydrogen-bond acceptors (Lipinski definition) is 4. The molecule has 0 aliphatic heterocycles. The van der Waals surface area contributed by atoms with Crippen molar-refractivity contribution in [1.29, 1.82) is 0 Å². The van der Waals surface area contributed by atoms with E-state index in [2.05, 4.69) is 15.6 Å². The third-order valence-electron chi connectivity index (χ3n) is 3.42. The minimum absolute atomic E-state index is 0.162. The lowest BCUT2D eigenvalue weighted by molar-refractivity contribution is -0.120. The zero-order chi connectivity index (χ0) is 17.8. The molecule has 1 aromatic heterocycles. The molecule has 0 radical (unpaired) electrons. The molecule has 6 heteroatoms. The monoisotopic (exact) mass is 335 g/mol. The zero-order valence-corrected chi connectivity index (χ0v) is 13.9. The average Bonchev–Trinajstić information content (AvgIpc) is 2.94. The molecule has 0 spiro atoms. The summed E-state index contributed by atoms with van der Waals surface area (Å²) in [7, 11) is 0. The lowest BCUT2D eigenvalue weighted by Crippen LogP contribution is -2.28. The fourth-order valence-corrected chi connectivity index (χ4v) is 2.38. The van der Waals surface area contributed by atoms with E-state index in [4.69, 9.17) is 4.42 Å². The first kappa shape index (κ1) is 16.4. The van der Waals surface area contributed by atoms with Gasteiger partial charge in [0, 0.05) is 19.5 Å². The van der Waals surface area contributed by atoms with Crippen molar-refractivity contribution in [1.82, 2.24) is 10.3 Å². The van der Waals surface area contributed by atoms with Gasteiger partial charge in [0.15, 0.2) is 11.5 Å². The van der Waals surface area contributed by atoms with Crippen molar-refractivity contribution < 1.29 is 14.0 Å². The van der Waals surface area contributed by atoms with Gasteiger partial charge in [-0.1, -0.05) is 30.3 Å². The molecule has 0 aliphatic carbocycles. The third-order valence-corrected chi connectivity index (χ3v) is 3.42. The number of aromatic nitrogens is 1. The maximum atomic E-state index is 12.6. The first-order valence-electron chi connectivity index (χ1n) is 7.74. The summed E-state index contributed by atoms with van der Waals surface area (Å²) in [6, 6.07) is 14.5. The average molecular weight is 335 g/mol. The third kappa shape index (κ3) is 4.11. The molecular formula is C19H17N3O3. The Kier molecular flexibility index (Phi) is 4.61. The number of aryl methyl sites for hydroxylation is 1. The van der Waals surface area contributed by atoms with Crippen LogP contribution in [0.25, 0.3) is 17.2 Å². The van der Waals surface area contributed by atoms with Crippen molar-refractivity contribution >= 4 is 34.7 Å². The molecule has 0 saturated carbocycles. The van der Waals surface area contributed by atoms with Gasteiger partial charge < -0.3 is 15.1 Å². The molecule has 0 saturated heterocycles. The van der Waals surface area contributed by atoms with Gasteiger partial charge in [0.05, 0.1) is 0 Å². The molecule has 3 rings (SSSR count). The summed E-state index contributed by atoms with van der Waals surface area (Å²) in [5, 5.41) is 5.33. The highest BCUT2D eigenvalue weighted by Gasteiger charge is 2.12. The van der Waals surface area contributed by atoms with E-state index >= 15 is 0 Å². The minimum Gasteiger partial charge on any atom is -0.441 e. The number of carbonyl (C=O) groups is 2. The van der Waals surface area contributed by atoms with Crippen molar-refractivity contribution in [2.75, 3.05) is 5.32 Å². The predicted octanol–water partition coefficient (Wildman–Crippen LogP) is 3.25. The summed E-state index contributed by atoms with van der Waals surface area (Å²) in [5.74, 6) is -0.181. The molecule has 6 nitrogen and oxygen atoms in total. The number of anilines is 1. The van der Waals surface area contributed by atoms with Crippen molar-refractivity contribution in [2.45, 2.75) is 13.8 Å². The standard InChI is InChI=1S/C19H17N3O3/c1-12(23)20-17(10-14-6-4-3-5-7-14)19(24)22-15-8-9-18-16(11-15)21-13(2)25-18/h3-11H,1-2H3,(H,20,23)(H,22,24)/b17-10+. The van der Waals surface area contributed by atoms with Gasteiger partial charge in [0.2, 0.25) is 5.91 Å². The highest BCUT2D eigenvalue weighted by Crippen LogP contribution is 2.20. The molecule has 1 heterocycles. The number of fused-ring (bicyclic) bond motifs is 1. The quantitative estimate of drug-likeness (QED) is 0.717. The molecule has 126 valence electrons. The SMILES string of the molecule is CC(=O)N/C(=C/c1ccccc1)C(=O)Nc1ccc2oc(C)nc2c1. The van der Waals surface area contributed by atoms with Crippen molar-refractivity contribution in [3.8, 4) is 0 Å². The Morgan fingerprint density at radius 3 is 2.60 bits per heavy atom. The highest BCUT2D eigenvalue weighted by molar-refractivity contribution is 6.08. The topological polar surface area (TPSA) is 84.2 Å². The minimum atomic E-state index is -0.418. The molecule has 0 aliphatic rings. The number of benzene rings is 2. The van der Waals surface area contributed by atoms with E-state index in [0.717, 1.165) is 5.56 Å². The molecule has 0 fully saturated rings. The summed E-state index contributed by atoms with van der Waals surface area (Å²) in [4.78, 5) is 28.2. The summed E-state index contributed by atoms with van der Waals surface area (Å²) in [5.41, 5.74) is 2.84. The number of amides is 2. The fraction of sp³-hybridized carbons (Fsp3) is 0.105. The molecule has 2 aromatic carbocycles. The van der Waals surface area contributed by atoms with Gasteiger partial charge in [-0.05, 0) is 29.8 Å². The maximum Gasteiger partial charge on any atom is 0.272 e. The Labute approximate surface area is 144 Å². The van der Waals surface area contributed by atoms with Crippen LogP contribution in [0.5, 0.6) is 0 Å². The van der Waals surface area contributed by atoms with E-state index in [-0.39, 0.29) is 11.6 Å². The van der Waals surface area contributed by atoms with Crippen molar-refractivity contribution in [3.05, 3.63) is 65.7 Å². The molecule has 0 atom stereocenters. The van der Waals surface area contributed by atoms with Crippen molar-refractivity contribution in [3.63, 3.8) is 0 Å². The van der Waals surface area contributed by atoms with E-state index in [0.29, 0.717) is 22.7 Å². The summed E-state index contributed by atoms with van der Waals surface area (Å²) < 4.78 is 5.41. The van der Waals surface area contributed by atoms with Crippen LogP contribution in [0, 0.1) is 6.92 Å². The predicted molar refractivity (Wildman–Crippen MR) is 95.6 cm³/mol. The van der Waals surface area contributed by atoms with Crippen LogP contribution >= 0.6 is 0 Å². The Bertz CT molecular complexity index is 958. The van der Waals surface area contributed by atoms with E-state index < -0.39 is 5.91 Å². The van der Waals surface area contributed by atoms with Crippen LogP contribution in [-0.2, 0) is 9.59 Å². The van der Waals surface area contributed by atoms with Crippen molar-refractivity contribution in [2.24, 2.45) is 0 Å². The van der Waals surface area contributed by atoms with Crippen LogP contribution < -0.4 is 10.6 Å². The Morgan fingerprint density at radius 1 is 1.12 bits per heavy atom. The number of rotatable bonds is 4. The molecule has 25 heavy (non-hydrogen) atoms. The van der Waals surface area contributed by atoms with Crippen LogP contribution in [0.2, 0.25) is 0 Å². The van der Waals surface area contributed by atoms with Gasteiger partial charge in [-0.15, -0.1) is 0 Å². The van der Waals surface area contributed by atoms with Gasteiger partial charge >= 0.3 is 0 Å². The Morgan fingerprint density at radius 2 is 1.88 bits per heavy atom. The molecule has 2 amide bonds. The summed E-state index contributed by atoms with van der Waals surface area (Å²) in [6.45, 7) is 3.12. The van der Waals surface area contributed by atoms with Crippen LogP contribution in [0.4, 0.5) is 5.69 Å². The number of nitrogens with one attached hydrogen (secondary N) is 2. The first-order valence-corrected chi connectivity index (χ1v) is 7.74. The fourth-order valence-electron chi connectivity index (χ4n) is 2.38. The Balaban J connectivity index is 1.86. The smallest absolute Gasteiger partial charge is 0.272 e. The van der Waals surface area contributed by atoms with E-state index in [1.807, 2.05) is 30.3 Å². The molecule has 0 bridgehead atoms. The molecule has 2 N–H and O–H groups in total. The van der Waals surface area contributed by atoms with Crippen LogP contribution in [-0.4, -0.2) is 16.8 Å². The van der Waals surface area contributed by atoms with Gasteiger partial charge in [0.25, 0.3) is 5.91 Å². The van der Waals surface area contributed by atoms with Gasteiger partial charge in [-0.25, -0.2) is 4.98 Å². The number of hydrogen-bond donors (Lipinski definition) is 2. The lowest BCUT2D eigenvalue weighted by Gasteiger charge is -2.09. The van der Waals surface area contributed by atoms with Gasteiger partial charge in [0.1, 0.15) is 11.2 Å².